The molecular weight excluding hydrogens is 985 g/mol. The smallest absolute Gasteiger partial charge is 0.275 e. The summed E-state index contributed by atoms with van der Waals surface area (Å²) < 4.78 is 48.9. The molecule has 3 aromatic carbocycles. The summed E-state index contributed by atoms with van der Waals surface area (Å²) in [6, 6.07) is 24.9. The van der Waals surface area contributed by atoms with E-state index >= 15 is 0 Å². The number of hydrogen-bond acceptors (Lipinski definition) is 11. The van der Waals surface area contributed by atoms with Crippen molar-refractivity contribution in [3.8, 4) is 0 Å². The summed E-state index contributed by atoms with van der Waals surface area (Å²) in [4.78, 5) is 36.6. The molecule has 0 spiro atoms. The minimum Gasteiger partial charge on any atom is -0.366 e. The average molecular weight is 1080 g/mol. The Balaban J connectivity index is 0.000000470. The Kier molecular flexibility index (Phi) is 25.1. The normalized spacial score (nSPS) is 12.0. The maximum atomic E-state index is 11.7. The molecule has 418 valence electrons. The molecule has 0 bridgehead atoms. The van der Waals surface area contributed by atoms with E-state index < -0.39 is 19.9 Å². The van der Waals surface area contributed by atoms with Crippen molar-refractivity contribution in [2.24, 2.45) is 10.8 Å². The van der Waals surface area contributed by atoms with Gasteiger partial charge in [-0.25, -0.2) is 32.0 Å². The van der Waals surface area contributed by atoms with Gasteiger partial charge in [0.2, 0.25) is 10.0 Å². The van der Waals surface area contributed by atoms with Gasteiger partial charge in [-0.3, -0.25) is 23.7 Å². The third kappa shape index (κ3) is 25.2. The third-order valence-corrected chi connectivity index (χ3v) is 12.8. The fourth-order valence-corrected chi connectivity index (χ4v) is 8.40. The molecule has 0 saturated heterocycles. The van der Waals surface area contributed by atoms with Crippen LogP contribution in [0.4, 0.5) is 11.6 Å². The number of carbonyl (C=O) groups excluding carboxylic acids is 2. The summed E-state index contributed by atoms with van der Waals surface area (Å²) >= 11 is 0. The number of nitrogens with one attached hydrogen (secondary N) is 3. The van der Waals surface area contributed by atoms with Gasteiger partial charge in [-0.1, -0.05) is 132 Å². The average Bonchev–Trinajstić information content (AvgIpc) is 3.63. The lowest BCUT2D eigenvalue weighted by Gasteiger charge is -2.23. The van der Waals surface area contributed by atoms with E-state index in [0.717, 1.165) is 46.4 Å². The predicted molar refractivity (Wildman–Crippen MR) is 310 cm³/mol. The highest BCUT2D eigenvalue weighted by molar-refractivity contribution is 7.92. The van der Waals surface area contributed by atoms with E-state index in [-0.39, 0.29) is 39.0 Å². The first-order valence-electron chi connectivity index (χ1n) is 25.1. The highest BCUT2D eigenvalue weighted by Gasteiger charge is 2.24. The number of nitrogens with zero attached hydrogens (tertiary/aromatic N) is 5. The van der Waals surface area contributed by atoms with Crippen molar-refractivity contribution in [3.63, 3.8) is 0 Å². The molecule has 2 aromatic heterocycles. The molecular formula is C58H92N8O7S2. The lowest BCUT2D eigenvalue weighted by molar-refractivity contribution is 0.0535. The number of anilines is 2. The van der Waals surface area contributed by atoms with Crippen LogP contribution in [0.3, 0.4) is 0 Å². The number of sulfonamides is 1. The Hall–Kier alpha value is -5.65. The first-order chi connectivity index (χ1) is 34.0. The number of rotatable bonds is 10. The number of hydroxylamine groups is 1. The van der Waals surface area contributed by atoms with Gasteiger partial charge in [0.25, 0.3) is 11.8 Å². The second-order valence-corrected chi connectivity index (χ2v) is 28.4. The molecule has 2 amide bonds. The summed E-state index contributed by atoms with van der Waals surface area (Å²) in [6.07, 6.45) is 7.04. The van der Waals surface area contributed by atoms with Gasteiger partial charge in [-0.2, -0.15) is 5.10 Å². The van der Waals surface area contributed by atoms with Gasteiger partial charge in [-0.15, -0.1) is 0 Å². The molecule has 0 aliphatic rings. The van der Waals surface area contributed by atoms with Crippen molar-refractivity contribution in [2.45, 2.75) is 165 Å². The number of aromatic nitrogens is 4. The van der Waals surface area contributed by atoms with E-state index in [2.05, 4.69) is 160 Å². The van der Waals surface area contributed by atoms with Crippen LogP contribution in [0.15, 0.2) is 96.2 Å². The molecule has 0 saturated carbocycles. The molecule has 5 aromatic rings. The molecule has 5 rings (SSSR count). The summed E-state index contributed by atoms with van der Waals surface area (Å²) in [6.45, 7) is 37.9. The van der Waals surface area contributed by atoms with Crippen LogP contribution in [-0.2, 0) is 48.4 Å². The highest BCUT2D eigenvalue weighted by Crippen LogP contribution is 2.28. The van der Waals surface area contributed by atoms with Crippen LogP contribution in [0.1, 0.15) is 173 Å². The number of sulfone groups is 1. The van der Waals surface area contributed by atoms with E-state index in [1.54, 1.807) is 37.5 Å². The van der Waals surface area contributed by atoms with Crippen LogP contribution in [0.2, 0.25) is 0 Å². The first kappa shape index (κ1) is 67.4. The predicted octanol–water partition coefficient (Wildman–Crippen LogP) is 11.7. The molecule has 75 heavy (non-hydrogen) atoms. The number of benzene rings is 3. The Morgan fingerprint density at radius 1 is 0.680 bits per heavy atom. The van der Waals surface area contributed by atoms with Gasteiger partial charge in [0.1, 0.15) is 5.82 Å². The summed E-state index contributed by atoms with van der Waals surface area (Å²) in [5.41, 5.74) is 8.93. The fourth-order valence-electron chi connectivity index (χ4n) is 7.25. The van der Waals surface area contributed by atoms with Gasteiger partial charge >= 0.3 is 0 Å². The zero-order chi connectivity index (χ0) is 58.1. The SMILES string of the molecule is CC(C)(C)Cc1cccc(S(C)(=O)=O)c1.CN(c1nccnc1CC(C)(C)C)S(C)(=O)=O.CNC(=O)c1ccccc1C(C)(C)C.CONC(=O)c1ccccc1C(C)(C)C.Cc1cc(NC(C)(C)C)n(C(C)C)n1. The fraction of sp³-hybridized carbons (Fsp3) is 0.534. The topological polar surface area (TPSA) is 195 Å². The number of amides is 2. The van der Waals surface area contributed by atoms with Gasteiger partial charge in [0.15, 0.2) is 15.7 Å². The first-order valence-corrected chi connectivity index (χ1v) is 28.9. The molecule has 0 aliphatic heterocycles. The van der Waals surface area contributed by atoms with Crippen molar-refractivity contribution >= 4 is 43.3 Å². The van der Waals surface area contributed by atoms with E-state index in [9.17, 15) is 26.4 Å². The van der Waals surface area contributed by atoms with Gasteiger partial charge in [0.05, 0.1) is 29.6 Å². The highest BCUT2D eigenvalue weighted by atomic mass is 32.2. The third-order valence-electron chi connectivity index (χ3n) is 10.5. The van der Waals surface area contributed by atoms with Crippen molar-refractivity contribution < 1.29 is 31.3 Å². The number of carbonyl (C=O) groups is 2. The van der Waals surface area contributed by atoms with Crippen LogP contribution in [0.25, 0.3) is 0 Å². The zero-order valence-electron chi connectivity index (χ0n) is 49.6. The summed E-state index contributed by atoms with van der Waals surface area (Å²) in [7, 11) is -1.81. The molecule has 3 N–H and O–H groups in total. The van der Waals surface area contributed by atoms with Crippen LogP contribution >= 0.6 is 0 Å². The number of hydrogen-bond donors (Lipinski definition) is 3. The van der Waals surface area contributed by atoms with Crippen LogP contribution in [-0.4, -0.2) is 87.7 Å². The van der Waals surface area contributed by atoms with Crippen molar-refractivity contribution in [2.75, 3.05) is 43.3 Å². The van der Waals surface area contributed by atoms with Crippen molar-refractivity contribution in [1.82, 2.24) is 30.5 Å². The maximum absolute atomic E-state index is 11.7. The van der Waals surface area contributed by atoms with E-state index in [1.807, 2.05) is 60.1 Å². The van der Waals surface area contributed by atoms with Gasteiger partial charge in [-0.05, 0) is 117 Å². The molecule has 15 nitrogen and oxygen atoms in total. The monoisotopic (exact) mass is 1080 g/mol. The summed E-state index contributed by atoms with van der Waals surface area (Å²) in [5.74, 6) is 1.29. The van der Waals surface area contributed by atoms with Crippen molar-refractivity contribution in [3.05, 3.63) is 130 Å². The van der Waals surface area contributed by atoms with Crippen LogP contribution in [0, 0.1) is 17.8 Å². The number of aryl methyl sites for hydroxylation is 1. The minimum atomic E-state index is -3.30. The Morgan fingerprint density at radius 2 is 1.16 bits per heavy atom. The molecule has 0 unspecified atom stereocenters. The molecule has 0 aliphatic carbocycles. The van der Waals surface area contributed by atoms with E-state index in [0.29, 0.717) is 34.4 Å². The van der Waals surface area contributed by atoms with E-state index in [1.165, 1.54) is 30.9 Å². The summed E-state index contributed by atoms with van der Waals surface area (Å²) in [5, 5.41) is 10.6. The van der Waals surface area contributed by atoms with Crippen LogP contribution in [0.5, 0.6) is 0 Å². The van der Waals surface area contributed by atoms with Gasteiger partial charge < -0.3 is 10.6 Å². The van der Waals surface area contributed by atoms with Crippen molar-refractivity contribution in [1.29, 1.82) is 0 Å². The Morgan fingerprint density at radius 3 is 1.57 bits per heavy atom. The zero-order valence-corrected chi connectivity index (χ0v) is 51.2. The maximum Gasteiger partial charge on any atom is 0.275 e. The molecule has 0 radical (unpaired) electrons. The standard InChI is InChI=1S/C12H17NO2.C12H17NO.C12H18O2S.C11H19N3O2S.C11H21N3/c1-12(2,3)10-8-6-5-7-9(10)11(14)13-15-4;1-12(2,3)10-8-6-5-7-9(10)11(14)13-4;1-12(2,3)9-10-6-5-7-11(8-10)15(4,13)14;1-11(2,3)8-9-10(13-7-6-12-9)14(4)17(5,15)16;1-8(2)14-10(7-9(3)13-14)12-11(4,5)6/h5-8H,1-4H3,(H,13,14);5-8H,1-4H3,(H,13,14);5-8H,9H2,1-4H3;6-7H,8H2,1-5H3;7-8,12H,1-6H3. The molecule has 0 fully saturated rings. The minimum absolute atomic E-state index is 0.00308. The molecule has 0 atom stereocenters. The second kappa shape index (κ2) is 27.9. The van der Waals surface area contributed by atoms with Gasteiger partial charge in [0, 0.05) is 61.5 Å². The lowest BCUT2D eigenvalue weighted by Crippen LogP contribution is -2.28. The molecule has 17 heteroatoms. The quantitative estimate of drug-likeness (QED) is 0.113. The van der Waals surface area contributed by atoms with E-state index in [4.69, 9.17) is 0 Å². The lowest BCUT2D eigenvalue weighted by atomic mass is 9.83. The Bertz CT molecular complexity index is 2820. The van der Waals surface area contributed by atoms with Crippen LogP contribution < -0.4 is 20.4 Å². The second-order valence-electron chi connectivity index (χ2n) is 24.3. The largest absolute Gasteiger partial charge is 0.366 e. The molecule has 2 heterocycles. The Labute approximate surface area is 452 Å².